The number of aromatic amines is 1. The predicted octanol–water partition coefficient (Wildman–Crippen LogP) is -3.46. The highest BCUT2D eigenvalue weighted by atomic mass is 16.6. The molecular formula is C8H11N3O6. The molecule has 1 fully saturated rings. The molecule has 0 spiro atoms. The molecule has 1 aromatic heterocycles. The van der Waals surface area contributed by atoms with E-state index >= 15 is 0 Å². The lowest BCUT2D eigenvalue weighted by atomic mass is 10.1. The van der Waals surface area contributed by atoms with Gasteiger partial charge in [0.05, 0.1) is 6.61 Å². The van der Waals surface area contributed by atoms with Crippen molar-refractivity contribution in [2.45, 2.75) is 24.5 Å². The molecular weight excluding hydrogens is 234 g/mol. The van der Waals surface area contributed by atoms with Gasteiger partial charge in [-0.25, -0.2) is 4.79 Å². The largest absolute Gasteiger partial charge is 0.394 e. The maximum atomic E-state index is 11.4. The molecule has 0 aliphatic carbocycles. The monoisotopic (exact) mass is 245 g/mol. The number of hydrogen-bond acceptors (Lipinski definition) is 7. The Morgan fingerprint density at radius 3 is 2.65 bits per heavy atom. The highest BCUT2D eigenvalue weighted by Crippen LogP contribution is 2.27. The van der Waals surface area contributed by atoms with E-state index in [1.165, 1.54) is 0 Å². The number of ether oxygens (including phenoxy) is 1. The second kappa shape index (κ2) is 4.37. The fourth-order valence-electron chi connectivity index (χ4n) is 1.63. The Bertz CT molecular complexity index is 510. The van der Waals surface area contributed by atoms with Gasteiger partial charge in [-0.2, -0.15) is 9.78 Å². The molecule has 0 saturated carbocycles. The molecule has 2 rings (SSSR count). The molecule has 4 N–H and O–H groups in total. The summed E-state index contributed by atoms with van der Waals surface area (Å²) < 4.78 is 5.77. The summed E-state index contributed by atoms with van der Waals surface area (Å²) in [4.78, 5) is 24.1. The van der Waals surface area contributed by atoms with Crippen LogP contribution < -0.4 is 11.2 Å². The number of aliphatic hydroxyl groups excluding tert-OH is 3. The molecule has 1 aliphatic heterocycles. The lowest BCUT2D eigenvalue weighted by Gasteiger charge is -2.14. The third kappa shape index (κ3) is 2.00. The fourth-order valence-corrected chi connectivity index (χ4v) is 1.63. The average molecular weight is 245 g/mol. The van der Waals surface area contributed by atoms with Gasteiger partial charge >= 0.3 is 5.69 Å². The van der Waals surface area contributed by atoms with Crippen LogP contribution in [0.5, 0.6) is 0 Å². The van der Waals surface area contributed by atoms with Crippen LogP contribution in [0.2, 0.25) is 0 Å². The van der Waals surface area contributed by atoms with Crippen LogP contribution in [0.1, 0.15) is 6.23 Å². The van der Waals surface area contributed by atoms with E-state index in [1.807, 2.05) is 4.98 Å². The normalized spacial score (nSPS) is 32.9. The number of H-pyrrole nitrogens is 1. The van der Waals surface area contributed by atoms with Crippen molar-refractivity contribution in [2.24, 2.45) is 0 Å². The standard InChI is InChI=1S/C8H11N3O6/c12-2-3-5(14)6(15)7(17-3)11-8(16)10-4(13)1-9-11/h1,3,5-7,12,14-15H,2H2,(H,10,13,16)/t3-,5+,6+,7-/m1/s1. The Labute approximate surface area is 93.9 Å². The summed E-state index contributed by atoms with van der Waals surface area (Å²) in [6.45, 7) is -0.507. The first-order valence-electron chi connectivity index (χ1n) is 4.85. The summed E-state index contributed by atoms with van der Waals surface area (Å²) in [6, 6.07) is 0. The minimum Gasteiger partial charge on any atom is -0.394 e. The van der Waals surface area contributed by atoms with Gasteiger partial charge in [-0.1, -0.05) is 0 Å². The Balaban J connectivity index is 2.35. The highest BCUT2D eigenvalue weighted by Gasteiger charge is 2.44. The molecule has 94 valence electrons. The molecule has 1 saturated heterocycles. The summed E-state index contributed by atoms with van der Waals surface area (Å²) >= 11 is 0. The van der Waals surface area contributed by atoms with Gasteiger partial charge in [0.25, 0.3) is 5.56 Å². The number of rotatable bonds is 2. The Morgan fingerprint density at radius 1 is 1.41 bits per heavy atom. The molecule has 9 nitrogen and oxygen atoms in total. The minimum absolute atomic E-state index is 0.507. The Hall–Kier alpha value is -1.55. The van der Waals surface area contributed by atoms with Crippen LogP contribution in [0.4, 0.5) is 0 Å². The second-order valence-corrected chi connectivity index (χ2v) is 3.61. The predicted molar refractivity (Wildman–Crippen MR) is 52.1 cm³/mol. The van der Waals surface area contributed by atoms with Crippen molar-refractivity contribution >= 4 is 0 Å². The molecule has 1 aromatic rings. The van der Waals surface area contributed by atoms with Gasteiger partial charge in [0.15, 0.2) is 6.23 Å². The van der Waals surface area contributed by atoms with Gasteiger partial charge in [-0.3, -0.25) is 9.78 Å². The van der Waals surface area contributed by atoms with Crippen molar-refractivity contribution in [1.82, 2.24) is 14.8 Å². The molecule has 4 atom stereocenters. The molecule has 1 aliphatic rings. The van der Waals surface area contributed by atoms with Crippen LogP contribution in [0.15, 0.2) is 15.8 Å². The topological polar surface area (TPSA) is 138 Å². The van der Waals surface area contributed by atoms with Gasteiger partial charge in [-0.15, -0.1) is 0 Å². The Morgan fingerprint density at radius 2 is 2.12 bits per heavy atom. The van der Waals surface area contributed by atoms with Gasteiger partial charge in [-0.05, 0) is 0 Å². The number of hydrogen-bond donors (Lipinski definition) is 4. The van der Waals surface area contributed by atoms with Gasteiger partial charge in [0, 0.05) is 0 Å². The number of aliphatic hydroxyl groups is 3. The van der Waals surface area contributed by atoms with Crippen molar-refractivity contribution in [3.63, 3.8) is 0 Å². The van der Waals surface area contributed by atoms with E-state index in [9.17, 15) is 19.8 Å². The van der Waals surface area contributed by atoms with Crippen molar-refractivity contribution in [2.75, 3.05) is 6.61 Å². The summed E-state index contributed by atoms with van der Waals surface area (Å²) in [7, 11) is 0. The zero-order valence-electron chi connectivity index (χ0n) is 8.55. The molecule has 0 amide bonds. The first-order valence-corrected chi connectivity index (χ1v) is 4.85. The summed E-state index contributed by atoms with van der Waals surface area (Å²) in [5.74, 6) is 0. The van der Waals surface area contributed by atoms with Crippen molar-refractivity contribution in [1.29, 1.82) is 0 Å². The quantitative estimate of drug-likeness (QED) is 0.425. The lowest BCUT2D eigenvalue weighted by molar-refractivity contribution is -0.0618. The first-order chi connectivity index (χ1) is 8.04. The lowest BCUT2D eigenvalue weighted by Crippen LogP contribution is -2.39. The van der Waals surface area contributed by atoms with Crippen molar-refractivity contribution in [3.05, 3.63) is 27.0 Å². The maximum absolute atomic E-state index is 11.4. The fraction of sp³-hybridized carbons (Fsp3) is 0.625. The zero-order chi connectivity index (χ0) is 12.6. The van der Waals surface area contributed by atoms with Crippen LogP contribution in [-0.2, 0) is 4.74 Å². The first kappa shape index (κ1) is 11.9. The number of nitrogens with one attached hydrogen (secondary N) is 1. The van der Waals surface area contributed by atoms with Crippen LogP contribution >= 0.6 is 0 Å². The molecule has 0 radical (unpaired) electrons. The molecule has 0 aromatic carbocycles. The third-order valence-corrected chi connectivity index (χ3v) is 2.50. The van der Waals surface area contributed by atoms with Crippen molar-refractivity contribution < 1.29 is 20.1 Å². The smallest absolute Gasteiger partial charge is 0.347 e. The van der Waals surface area contributed by atoms with E-state index in [4.69, 9.17) is 9.84 Å². The minimum atomic E-state index is -1.41. The zero-order valence-corrected chi connectivity index (χ0v) is 8.55. The molecule has 17 heavy (non-hydrogen) atoms. The third-order valence-electron chi connectivity index (χ3n) is 2.50. The Kier molecular flexibility index (Phi) is 3.07. The van der Waals surface area contributed by atoms with E-state index in [-0.39, 0.29) is 0 Å². The van der Waals surface area contributed by atoms with Gasteiger partial charge in [0.1, 0.15) is 24.5 Å². The van der Waals surface area contributed by atoms with Gasteiger partial charge < -0.3 is 20.1 Å². The molecule has 0 bridgehead atoms. The van der Waals surface area contributed by atoms with Crippen LogP contribution in [-0.4, -0.2) is 55.0 Å². The van der Waals surface area contributed by atoms with E-state index in [2.05, 4.69) is 5.10 Å². The van der Waals surface area contributed by atoms with E-state index in [0.717, 1.165) is 6.20 Å². The molecule has 0 unspecified atom stereocenters. The maximum Gasteiger partial charge on any atom is 0.347 e. The highest BCUT2D eigenvalue weighted by molar-refractivity contribution is 4.88. The SMILES string of the molecule is O=c1cnn([C@@H]2O[C@H](CO)[C@H](O)[C@@H]2O)c(=O)[nH]1. The molecule has 9 heteroatoms. The van der Waals surface area contributed by atoms with Gasteiger partial charge in [0.2, 0.25) is 0 Å². The van der Waals surface area contributed by atoms with E-state index < -0.39 is 42.4 Å². The van der Waals surface area contributed by atoms with E-state index in [0.29, 0.717) is 4.68 Å². The van der Waals surface area contributed by atoms with Crippen molar-refractivity contribution in [3.8, 4) is 0 Å². The van der Waals surface area contributed by atoms with Crippen LogP contribution in [0.3, 0.4) is 0 Å². The summed E-state index contributed by atoms with van der Waals surface area (Å²) in [6.07, 6.45) is -4.15. The number of nitrogens with zero attached hydrogens (tertiary/aromatic N) is 2. The molecule has 2 heterocycles. The van der Waals surface area contributed by atoms with E-state index in [1.54, 1.807) is 0 Å². The number of aromatic nitrogens is 3. The van der Waals surface area contributed by atoms with Crippen LogP contribution in [0, 0.1) is 0 Å². The van der Waals surface area contributed by atoms with Crippen LogP contribution in [0.25, 0.3) is 0 Å². The summed E-state index contributed by atoms with van der Waals surface area (Å²) in [5.41, 5.74) is -1.55. The summed E-state index contributed by atoms with van der Waals surface area (Å²) in [5, 5.41) is 31.5. The second-order valence-electron chi connectivity index (χ2n) is 3.61. The average Bonchev–Trinajstić information content (AvgIpc) is 2.57.